The van der Waals surface area contributed by atoms with Gasteiger partial charge in [0.1, 0.15) is 11.5 Å². The minimum absolute atomic E-state index is 0.123. The lowest BCUT2D eigenvalue weighted by atomic mass is 10.1. The number of carbonyl (C=O) groups is 1. The Balaban J connectivity index is 1.86. The molecule has 0 atom stereocenters. The second kappa shape index (κ2) is 7.42. The van der Waals surface area contributed by atoms with Crippen molar-refractivity contribution in [1.82, 2.24) is 5.32 Å². The molecule has 0 bridgehead atoms. The number of methoxy groups -OCH3 is 1. The zero-order chi connectivity index (χ0) is 15.9. The second-order valence-electron chi connectivity index (χ2n) is 4.58. The second-order valence-corrected chi connectivity index (χ2v) is 4.99. The summed E-state index contributed by atoms with van der Waals surface area (Å²) < 4.78 is 5.06. The molecule has 2 rings (SSSR count). The highest BCUT2D eigenvalue weighted by Crippen LogP contribution is 2.15. The number of benzene rings is 2. The molecule has 0 spiro atoms. The number of amides is 1. The van der Waals surface area contributed by atoms with Crippen LogP contribution in [0.1, 0.15) is 5.56 Å². The topological polar surface area (TPSA) is 70.6 Å². The molecule has 6 heteroatoms. The third-order valence-corrected chi connectivity index (χ3v) is 3.08. The van der Waals surface area contributed by atoms with E-state index < -0.39 is 0 Å². The molecular weight excluding hydrogens is 300 g/mol. The zero-order valence-corrected chi connectivity index (χ0v) is 12.8. The molecule has 0 radical (unpaired) electrons. The fourth-order valence-electron chi connectivity index (χ4n) is 1.85. The first-order chi connectivity index (χ1) is 10.6. The first kappa shape index (κ1) is 15.8. The van der Waals surface area contributed by atoms with Gasteiger partial charge in [-0.25, -0.2) is 0 Å². The van der Waals surface area contributed by atoms with Crippen LogP contribution in [-0.2, 0) is 11.2 Å². The minimum Gasteiger partial charge on any atom is -0.508 e. The van der Waals surface area contributed by atoms with Gasteiger partial charge in [0, 0.05) is 11.8 Å². The number of aromatic hydroxyl groups is 1. The molecule has 0 saturated heterocycles. The molecule has 0 aliphatic carbocycles. The highest BCUT2D eigenvalue weighted by atomic mass is 32.1. The van der Waals surface area contributed by atoms with E-state index >= 15 is 0 Å². The van der Waals surface area contributed by atoms with Crippen LogP contribution in [0.5, 0.6) is 11.5 Å². The normalized spacial score (nSPS) is 9.86. The van der Waals surface area contributed by atoms with Gasteiger partial charge in [-0.05, 0) is 42.0 Å². The number of carbonyl (C=O) groups excluding carboxylic acids is 1. The van der Waals surface area contributed by atoms with Crippen LogP contribution < -0.4 is 15.4 Å². The van der Waals surface area contributed by atoms with Crippen molar-refractivity contribution in [3.8, 4) is 11.5 Å². The molecule has 0 unspecified atom stereocenters. The maximum absolute atomic E-state index is 11.9. The van der Waals surface area contributed by atoms with E-state index in [2.05, 4.69) is 10.6 Å². The Morgan fingerprint density at radius 1 is 1.23 bits per heavy atom. The van der Waals surface area contributed by atoms with Crippen molar-refractivity contribution in [2.75, 3.05) is 12.4 Å². The maximum Gasteiger partial charge on any atom is 0.230 e. The summed E-state index contributed by atoms with van der Waals surface area (Å²) in [7, 11) is 1.59. The number of phenolic OH excluding ortho intramolecular Hbond substituents is 1. The summed E-state index contributed by atoms with van der Waals surface area (Å²) in [5.74, 6) is 0.644. The lowest BCUT2D eigenvalue weighted by molar-refractivity contribution is -0.119. The van der Waals surface area contributed by atoms with Crippen LogP contribution in [-0.4, -0.2) is 23.2 Å². The van der Waals surface area contributed by atoms with Gasteiger partial charge in [-0.1, -0.05) is 18.2 Å². The predicted molar refractivity (Wildman–Crippen MR) is 89.2 cm³/mol. The molecule has 3 N–H and O–H groups in total. The lowest BCUT2D eigenvalue weighted by Crippen LogP contribution is -2.35. The van der Waals surface area contributed by atoms with E-state index in [1.54, 1.807) is 37.4 Å². The fourth-order valence-corrected chi connectivity index (χ4v) is 2.08. The Morgan fingerprint density at radius 2 is 1.95 bits per heavy atom. The highest BCUT2D eigenvalue weighted by Gasteiger charge is 2.07. The summed E-state index contributed by atoms with van der Waals surface area (Å²) in [5.41, 5.74) is 1.47. The Morgan fingerprint density at radius 3 is 2.59 bits per heavy atom. The van der Waals surface area contributed by atoms with Crippen molar-refractivity contribution in [2.45, 2.75) is 6.42 Å². The van der Waals surface area contributed by atoms with Gasteiger partial charge in [0.15, 0.2) is 5.11 Å². The Labute approximate surface area is 133 Å². The molecule has 1 amide bonds. The number of hydrogen-bond acceptors (Lipinski definition) is 4. The first-order valence-electron chi connectivity index (χ1n) is 6.59. The summed E-state index contributed by atoms with van der Waals surface area (Å²) in [5, 5.41) is 15.0. The maximum atomic E-state index is 11.9. The average molecular weight is 316 g/mol. The predicted octanol–water partition coefficient (Wildman–Crippen LogP) is 2.46. The molecule has 2 aromatic carbocycles. The van der Waals surface area contributed by atoms with E-state index in [9.17, 15) is 9.90 Å². The Kier molecular flexibility index (Phi) is 5.32. The smallest absolute Gasteiger partial charge is 0.230 e. The third kappa shape index (κ3) is 4.75. The van der Waals surface area contributed by atoms with Crippen LogP contribution in [0.25, 0.3) is 0 Å². The summed E-state index contributed by atoms with van der Waals surface area (Å²) in [4.78, 5) is 11.9. The van der Waals surface area contributed by atoms with Gasteiger partial charge in [0.05, 0.1) is 13.5 Å². The van der Waals surface area contributed by atoms with Gasteiger partial charge in [-0.2, -0.15) is 0 Å². The van der Waals surface area contributed by atoms with E-state index in [1.165, 1.54) is 6.07 Å². The molecule has 0 aliphatic rings. The summed E-state index contributed by atoms with van der Waals surface area (Å²) >= 11 is 5.07. The largest absolute Gasteiger partial charge is 0.508 e. The average Bonchev–Trinajstić information content (AvgIpc) is 2.47. The number of rotatable bonds is 4. The molecule has 0 aromatic heterocycles. The molecule has 114 valence electrons. The van der Waals surface area contributed by atoms with Crippen LogP contribution >= 0.6 is 12.2 Å². The van der Waals surface area contributed by atoms with Crippen LogP contribution in [0, 0.1) is 0 Å². The molecule has 0 heterocycles. The lowest BCUT2D eigenvalue weighted by Gasteiger charge is -2.10. The van der Waals surface area contributed by atoms with Crippen molar-refractivity contribution in [3.63, 3.8) is 0 Å². The number of phenols is 1. The summed E-state index contributed by atoms with van der Waals surface area (Å²) in [6.07, 6.45) is 0.214. The Bertz CT molecular complexity index is 671. The van der Waals surface area contributed by atoms with E-state index in [0.717, 1.165) is 11.3 Å². The van der Waals surface area contributed by atoms with Gasteiger partial charge >= 0.3 is 0 Å². The zero-order valence-electron chi connectivity index (χ0n) is 12.0. The SMILES string of the molecule is COc1ccc(CC(=O)NC(=S)Nc2cccc(O)c2)cc1. The summed E-state index contributed by atoms with van der Waals surface area (Å²) in [6, 6.07) is 13.7. The molecule has 22 heavy (non-hydrogen) atoms. The fraction of sp³-hybridized carbons (Fsp3) is 0.125. The van der Waals surface area contributed by atoms with E-state index in [0.29, 0.717) is 5.69 Å². The number of ether oxygens (including phenoxy) is 1. The summed E-state index contributed by atoms with van der Waals surface area (Å²) in [6.45, 7) is 0. The molecule has 0 aliphatic heterocycles. The number of hydrogen-bond donors (Lipinski definition) is 3. The first-order valence-corrected chi connectivity index (χ1v) is 7.00. The van der Waals surface area contributed by atoms with E-state index in [1.807, 2.05) is 12.1 Å². The molecule has 2 aromatic rings. The number of nitrogens with one attached hydrogen (secondary N) is 2. The minimum atomic E-state index is -0.220. The van der Waals surface area contributed by atoms with Crippen LogP contribution in [0.3, 0.4) is 0 Å². The highest BCUT2D eigenvalue weighted by molar-refractivity contribution is 7.80. The molecule has 0 saturated carbocycles. The van der Waals surface area contributed by atoms with Gasteiger partial charge in [0.25, 0.3) is 0 Å². The number of anilines is 1. The van der Waals surface area contributed by atoms with Gasteiger partial charge in [-0.3, -0.25) is 4.79 Å². The van der Waals surface area contributed by atoms with E-state index in [-0.39, 0.29) is 23.2 Å². The van der Waals surface area contributed by atoms with Crippen molar-refractivity contribution in [3.05, 3.63) is 54.1 Å². The van der Waals surface area contributed by atoms with Crippen molar-refractivity contribution >= 4 is 28.9 Å². The quantitative estimate of drug-likeness (QED) is 0.756. The van der Waals surface area contributed by atoms with Gasteiger partial charge in [-0.15, -0.1) is 0 Å². The van der Waals surface area contributed by atoms with Crippen LogP contribution in [0.15, 0.2) is 48.5 Å². The number of thiocarbonyl (C=S) groups is 1. The van der Waals surface area contributed by atoms with E-state index in [4.69, 9.17) is 17.0 Å². The van der Waals surface area contributed by atoms with Crippen molar-refractivity contribution in [1.29, 1.82) is 0 Å². The monoisotopic (exact) mass is 316 g/mol. The van der Waals surface area contributed by atoms with Crippen LogP contribution in [0.4, 0.5) is 5.69 Å². The third-order valence-electron chi connectivity index (χ3n) is 2.88. The Hall–Kier alpha value is -2.60. The standard InChI is InChI=1S/C16H16N2O3S/c1-21-14-7-5-11(6-8-14)9-15(20)18-16(22)17-12-3-2-4-13(19)10-12/h2-8,10,19H,9H2,1H3,(H2,17,18,20,22). The van der Waals surface area contributed by atoms with Gasteiger partial charge < -0.3 is 20.5 Å². The van der Waals surface area contributed by atoms with Crippen molar-refractivity contribution < 1.29 is 14.6 Å². The molecule has 0 fully saturated rings. The van der Waals surface area contributed by atoms with Gasteiger partial charge in [0.2, 0.25) is 5.91 Å². The van der Waals surface area contributed by atoms with Crippen molar-refractivity contribution in [2.24, 2.45) is 0 Å². The molecular formula is C16H16N2O3S. The molecule has 5 nitrogen and oxygen atoms in total. The van der Waals surface area contributed by atoms with Crippen LogP contribution in [0.2, 0.25) is 0 Å².